The second-order valence-corrected chi connectivity index (χ2v) is 8.34. The lowest BCUT2D eigenvalue weighted by Gasteiger charge is -2.12. The van der Waals surface area contributed by atoms with Gasteiger partial charge in [-0.05, 0) is 24.3 Å². The lowest BCUT2D eigenvalue weighted by molar-refractivity contribution is 0.590. The van der Waals surface area contributed by atoms with Crippen LogP contribution >= 0.6 is 11.8 Å². The zero-order chi connectivity index (χ0) is 24.4. The summed E-state index contributed by atoms with van der Waals surface area (Å²) in [5.74, 6) is -1.27. The second-order valence-electron chi connectivity index (χ2n) is 7.28. The highest BCUT2D eigenvalue weighted by atomic mass is 32.2. The first-order chi connectivity index (χ1) is 16.3. The molecular formula is C23H20F2N8S. The van der Waals surface area contributed by atoms with Crippen molar-refractivity contribution in [2.45, 2.75) is 4.90 Å². The SMILES string of the molecule is CN=CC(=CN)c1cc(F)c(=N)n(C(=N)Sc2ccc3ncc(-c4cnn(C)c4)c(F)c3c2)c1. The highest BCUT2D eigenvalue weighted by Gasteiger charge is 2.15. The van der Waals surface area contributed by atoms with E-state index in [1.54, 1.807) is 49.4 Å². The minimum Gasteiger partial charge on any atom is -0.404 e. The standard InChI is InChI=1S/C23H20F2N8S/c1-29-8-14(7-26)13-5-19(24)22(27)33(12-13)23(28)34-16-3-4-20-17(6-16)21(25)18(10-30-20)15-9-31-32(2)11-15/h3-12,27-28H,26H2,1-2H3. The first-order valence-electron chi connectivity index (χ1n) is 9.97. The predicted molar refractivity (Wildman–Crippen MR) is 130 cm³/mol. The Kier molecular flexibility index (Phi) is 6.37. The number of nitrogens with zero attached hydrogens (tertiary/aromatic N) is 5. The Balaban J connectivity index is 1.71. The van der Waals surface area contributed by atoms with E-state index in [4.69, 9.17) is 16.6 Å². The van der Waals surface area contributed by atoms with Crippen molar-refractivity contribution in [2.75, 3.05) is 7.05 Å². The number of benzene rings is 1. The fourth-order valence-electron chi connectivity index (χ4n) is 3.36. The van der Waals surface area contributed by atoms with Crippen LogP contribution < -0.4 is 11.2 Å². The number of aryl methyl sites for hydroxylation is 1. The van der Waals surface area contributed by atoms with Crippen LogP contribution in [-0.4, -0.2) is 37.8 Å². The van der Waals surface area contributed by atoms with Crippen LogP contribution in [0.5, 0.6) is 0 Å². The molecule has 172 valence electrons. The van der Waals surface area contributed by atoms with Gasteiger partial charge in [0.2, 0.25) is 0 Å². The fourth-order valence-corrected chi connectivity index (χ4v) is 4.14. The summed E-state index contributed by atoms with van der Waals surface area (Å²) >= 11 is 0.955. The number of aliphatic imine (C=N–C) groups is 1. The highest BCUT2D eigenvalue weighted by molar-refractivity contribution is 8.13. The zero-order valence-electron chi connectivity index (χ0n) is 18.3. The summed E-state index contributed by atoms with van der Waals surface area (Å²) in [4.78, 5) is 8.75. The van der Waals surface area contributed by atoms with E-state index in [0.29, 0.717) is 32.7 Å². The van der Waals surface area contributed by atoms with Gasteiger partial charge in [-0.25, -0.2) is 8.78 Å². The maximum absolute atomic E-state index is 15.3. The van der Waals surface area contributed by atoms with Crippen molar-refractivity contribution >= 4 is 39.6 Å². The van der Waals surface area contributed by atoms with Gasteiger partial charge in [0.25, 0.3) is 0 Å². The van der Waals surface area contributed by atoms with Crippen molar-refractivity contribution in [3.8, 4) is 11.1 Å². The minimum atomic E-state index is -0.818. The summed E-state index contributed by atoms with van der Waals surface area (Å²) in [6, 6.07) is 6.08. The largest absolute Gasteiger partial charge is 0.404 e. The maximum atomic E-state index is 15.3. The molecule has 4 N–H and O–H groups in total. The molecule has 0 unspecified atom stereocenters. The second kappa shape index (κ2) is 9.40. The van der Waals surface area contributed by atoms with Crippen LogP contribution in [0.1, 0.15) is 5.56 Å². The Morgan fingerprint density at radius 3 is 2.68 bits per heavy atom. The molecule has 0 saturated carbocycles. The van der Waals surface area contributed by atoms with Gasteiger partial charge < -0.3 is 5.73 Å². The summed E-state index contributed by atoms with van der Waals surface area (Å²) < 4.78 is 32.4. The van der Waals surface area contributed by atoms with Gasteiger partial charge in [0, 0.05) is 77.6 Å². The molecule has 0 spiro atoms. The van der Waals surface area contributed by atoms with E-state index in [1.807, 2.05) is 0 Å². The molecule has 0 amide bonds. The third kappa shape index (κ3) is 4.37. The summed E-state index contributed by atoms with van der Waals surface area (Å²) in [6.07, 6.45) is 8.87. The van der Waals surface area contributed by atoms with E-state index in [-0.39, 0.29) is 10.6 Å². The molecular weight excluding hydrogens is 458 g/mol. The Morgan fingerprint density at radius 1 is 1.21 bits per heavy atom. The average Bonchev–Trinajstić information content (AvgIpc) is 3.25. The maximum Gasteiger partial charge on any atom is 0.171 e. The lowest BCUT2D eigenvalue weighted by Crippen LogP contribution is -2.27. The van der Waals surface area contributed by atoms with Crippen molar-refractivity contribution in [2.24, 2.45) is 17.8 Å². The number of fused-ring (bicyclic) bond motifs is 1. The van der Waals surface area contributed by atoms with Crippen LogP contribution in [0.3, 0.4) is 0 Å². The number of thioether (sulfide) groups is 1. The number of hydrogen-bond donors (Lipinski definition) is 3. The minimum absolute atomic E-state index is 0.147. The van der Waals surface area contributed by atoms with Gasteiger partial charge in [0.05, 0.1) is 11.7 Å². The predicted octanol–water partition coefficient (Wildman–Crippen LogP) is 3.77. The normalized spacial score (nSPS) is 12.1. The summed E-state index contributed by atoms with van der Waals surface area (Å²) in [6.45, 7) is 0. The molecule has 3 heterocycles. The molecule has 0 aliphatic rings. The average molecular weight is 479 g/mol. The van der Waals surface area contributed by atoms with Crippen LogP contribution in [0.15, 0.2) is 65.1 Å². The number of aromatic nitrogens is 4. The molecule has 0 aliphatic carbocycles. The molecule has 8 nitrogen and oxygen atoms in total. The molecule has 3 aromatic heterocycles. The molecule has 0 saturated heterocycles. The van der Waals surface area contributed by atoms with E-state index < -0.39 is 17.1 Å². The summed E-state index contributed by atoms with van der Waals surface area (Å²) in [5, 5.41) is 20.7. The van der Waals surface area contributed by atoms with Crippen molar-refractivity contribution in [3.63, 3.8) is 0 Å². The number of hydrogen-bond acceptors (Lipinski definition) is 7. The van der Waals surface area contributed by atoms with E-state index in [9.17, 15) is 4.39 Å². The molecule has 0 fully saturated rings. The topological polar surface area (TPSA) is 122 Å². The third-order valence-electron chi connectivity index (χ3n) is 5.02. The number of nitrogens with two attached hydrogens (primary N) is 1. The summed E-state index contributed by atoms with van der Waals surface area (Å²) in [5.41, 5.74) is 7.30. The number of allylic oxidation sites excluding steroid dienone is 1. The molecule has 0 aliphatic heterocycles. The molecule has 0 radical (unpaired) electrons. The van der Waals surface area contributed by atoms with Gasteiger partial charge in [0.15, 0.2) is 16.5 Å². The highest BCUT2D eigenvalue weighted by Crippen LogP contribution is 2.30. The molecule has 11 heteroatoms. The molecule has 34 heavy (non-hydrogen) atoms. The lowest BCUT2D eigenvalue weighted by atomic mass is 10.1. The quantitative estimate of drug-likeness (QED) is 0.235. The first-order valence-corrected chi connectivity index (χ1v) is 10.8. The van der Waals surface area contributed by atoms with Crippen LogP contribution in [0.2, 0.25) is 0 Å². The number of rotatable bonds is 4. The van der Waals surface area contributed by atoms with Crippen molar-refractivity contribution in [1.82, 2.24) is 19.3 Å². The van der Waals surface area contributed by atoms with E-state index in [2.05, 4.69) is 15.1 Å². The Labute approximate surface area is 197 Å². The zero-order valence-corrected chi connectivity index (χ0v) is 19.1. The Morgan fingerprint density at radius 2 is 2.00 bits per heavy atom. The van der Waals surface area contributed by atoms with Crippen LogP contribution in [0.25, 0.3) is 27.6 Å². The first kappa shape index (κ1) is 23.1. The van der Waals surface area contributed by atoms with E-state index >= 15 is 4.39 Å². The fraction of sp³-hybridized carbons (Fsp3) is 0.0870. The van der Waals surface area contributed by atoms with E-state index in [1.165, 1.54) is 24.8 Å². The number of nitrogens with one attached hydrogen (secondary N) is 2. The monoisotopic (exact) mass is 478 g/mol. The van der Waals surface area contributed by atoms with Crippen molar-refractivity contribution in [3.05, 3.63) is 77.9 Å². The molecule has 4 aromatic rings. The van der Waals surface area contributed by atoms with Gasteiger partial charge in [-0.3, -0.25) is 30.0 Å². The van der Waals surface area contributed by atoms with Gasteiger partial charge in [-0.15, -0.1) is 0 Å². The van der Waals surface area contributed by atoms with Gasteiger partial charge >= 0.3 is 0 Å². The number of pyridine rings is 2. The molecule has 4 rings (SSSR count). The third-order valence-corrected chi connectivity index (χ3v) is 5.90. The van der Waals surface area contributed by atoms with Gasteiger partial charge in [-0.2, -0.15) is 5.10 Å². The Hall–Kier alpha value is -4.12. The van der Waals surface area contributed by atoms with Crippen LogP contribution in [-0.2, 0) is 7.05 Å². The Bertz CT molecular complexity index is 1530. The van der Waals surface area contributed by atoms with Crippen LogP contribution in [0.4, 0.5) is 8.78 Å². The van der Waals surface area contributed by atoms with Crippen LogP contribution in [0, 0.1) is 22.5 Å². The molecule has 1 aromatic carbocycles. The number of halogens is 2. The van der Waals surface area contributed by atoms with Gasteiger partial charge in [-0.1, -0.05) is 11.8 Å². The van der Waals surface area contributed by atoms with E-state index in [0.717, 1.165) is 22.4 Å². The smallest absolute Gasteiger partial charge is 0.171 e. The summed E-state index contributed by atoms with van der Waals surface area (Å²) in [7, 11) is 3.30. The molecule has 0 atom stereocenters. The van der Waals surface area contributed by atoms with Crippen molar-refractivity contribution < 1.29 is 8.78 Å². The van der Waals surface area contributed by atoms with Crippen molar-refractivity contribution in [1.29, 1.82) is 10.8 Å². The van der Waals surface area contributed by atoms with Gasteiger partial charge in [0.1, 0.15) is 5.82 Å². The molecule has 0 bridgehead atoms.